The van der Waals surface area contributed by atoms with Crippen LogP contribution in [0.3, 0.4) is 0 Å². The van der Waals surface area contributed by atoms with Crippen molar-refractivity contribution < 1.29 is 5.11 Å². The largest absolute Gasteiger partial charge is 0.387 e. The highest BCUT2D eigenvalue weighted by Crippen LogP contribution is 2.40. The number of nitrogens with zero attached hydrogens (tertiary/aromatic N) is 1. The smallest absolute Gasteiger partial charge is 0.191 e. The Balaban J connectivity index is 0.00000312. The van der Waals surface area contributed by atoms with Gasteiger partial charge >= 0.3 is 0 Å². The van der Waals surface area contributed by atoms with E-state index in [1.807, 2.05) is 11.8 Å². The molecule has 0 aliphatic heterocycles. The van der Waals surface area contributed by atoms with Crippen LogP contribution in [-0.4, -0.2) is 47.3 Å². The van der Waals surface area contributed by atoms with Gasteiger partial charge in [-0.1, -0.05) is 26.8 Å². The molecule has 3 N–H and O–H groups in total. The topological polar surface area (TPSA) is 56.7 Å². The molecule has 2 unspecified atom stereocenters. The second kappa shape index (κ2) is 10.4. The minimum Gasteiger partial charge on any atom is -0.387 e. The fourth-order valence-corrected chi connectivity index (χ4v) is 4.88. The van der Waals surface area contributed by atoms with E-state index in [4.69, 9.17) is 4.99 Å². The molecule has 1 heterocycles. The highest BCUT2D eigenvalue weighted by atomic mass is 127. The number of halogens is 1. The van der Waals surface area contributed by atoms with Crippen LogP contribution in [0.5, 0.6) is 0 Å². The summed E-state index contributed by atoms with van der Waals surface area (Å²) in [6.45, 7) is 10.8. The number of hydrogen-bond acceptors (Lipinski definition) is 4. The van der Waals surface area contributed by atoms with Crippen LogP contribution < -0.4 is 10.6 Å². The SMILES string of the molecule is CCNC(=NCC(C)(C)c1cccs1)NCC1(O)CCC1SCC.I. The molecule has 1 aliphatic rings. The van der Waals surface area contributed by atoms with Gasteiger partial charge in [-0.2, -0.15) is 11.8 Å². The van der Waals surface area contributed by atoms with E-state index in [1.54, 1.807) is 11.3 Å². The number of guanidine groups is 1. The second-order valence-electron chi connectivity index (χ2n) is 7.00. The van der Waals surface area contributed by atoms with Gasteiger partial charge in [0.15, 0.2) is 5.96 Å². The highest BCUT2D eigenvalue weighted by molar-refractivity contribution is 14.0. The van der Waals surface area contributed by atoms with E-state index >= 15 is 0 Å². The summed E-state index contributed by atoms with van der Waals surface area (Å²) in [6, 6.07) is 4.26. The molecule has 1 saturated carbocycles. The number of thioether (sulfide) groups is 1. The summed E-state index contributed by atoms with van der Waals surface area (Å²) in [5.41, 5.74) is -0.579. The monoisotopic (exact) mass is 497 g/mol. The summed E-state index contributed by atoms with van der Waals surface area (Å²) in [7, 11) is 0. The summed E-state index contributed by atoms with van der Waals surface area (Å²) < 4.78 is 0. The first-order valence-electron chi connectivity index (χ1n) is 8.81. The predicted molar refractivity (Wildman–Crippen MR) is 123 cm³/mol. The minimum absolute atomic E-state index is 0. The van der Waals surface area contributed by atoms with Crippen molar-refractivity contribution >= 4 is 53.0 Å². The Morgan fingerprint density at radius 1 is 1.44 bits per heavy atom. The number of thiophene rings is 1. The first-order valence-corrected chi connectivity index (χ1v) is 10.7. The summed E-state index contributed by atoms with van der Waals surface area (Å²) in [4.78, 5) is 6.10. The molecule has 2 atom stereocenters. The van der Waals surface area contributed by atoms with Gasteiger partial charge in [-0.25, -0.2) is 0 Å². The zero-order chi connectivity index (χ0) is 17.6. The van der Waals surface area contributed by atoms with E-state index in [0.717, 1.165) is 31.1 Å². The molecule has 144 valence electrons. The molecule has 0 spiro atoms. The van der Waals surface area contributed by atoms with Crippen LogP contribution in [0.25, 0.3) is 0 Å². The van der Waals surface area contributed by atoms with E-state index < -0.39 is 5.60 Å². The maximum absolute atomic E-state index is 10.7. The van der Waals surface area contributed by atoms with Gasteiger partial charge in [-0.3, -0.25) is 4.99 Å². The number of nitrogens with one attached hydrogen (secondary N) is 2. The molecule has 1 aromatic heterocycles. The Labute approximate surface area is 177 Å². The second-order valence-corrected chi connectivity index (χ2v) is 9.42. The van der Waals surface area contributed by atoms with E-state index in [-0.39, 0.29) is 29.4 Å². The molecule has 0 radical (unpaired) electrons. The van der Waals surface area contributed by atoms with Gasteiger partial charge in [0.25, 0.3) is 0 Å². The van der Waals surface area contributed by atoms with E-state index in [9.17, 15) is 5.11 Å². The lowest BCUT2D eigenvalue weighted by molar-refractivity contribution is -0.0198. The van der Waals surface area contributed by atoms with E-state index in [1.165, 1.54) is 4.88 Å². The number of rotatable bonds is 8. The number of aliphatic imine (C=N–C) groups is 1. The maximum Gasteiger partial charge on any atom is 0.191 e. The number of aliphatic hydroxyl groups is 1. The molecule has 0 amide bonds. The van der Waals surface area contributed by atoms with Crippen molar-refractivity contribution in [2.75, 3.05) is 25.4 Å². The Bertz CT molecular complexity index is 536. The molecule has 25 heavy (non-hydrogen) atoms. The third kappa shape index (κ3) is 6.29. The molecule has 0 bridgehead atoms. The van der Waals surface area contributed by atoms with E-state index in [2.05, 4.69) is 55.8 Å². The minimum atomic E-state index is -0.597. The van der Waals surface area contributed by atoms with Crippen molar-refractivity contribution in [2.45, 2.75) is 56.8 Å². The molecular weight excluding hydrogens is 465 g/mol. The van der Waals surface area contributed by atoms with Crippen LogP contribution >= 0.6 is 47.1 Å². The van der Waals surface area contributed by atoms with Crippen molar-refractivity contribution in [1.29, 1.82) is 0 Å². The van der Waals surface area contributed by atoms with E-state index in [0.29, 0.717) is 18.3 Å². The van der Waals surface area contributed by atoms with Crippen LogP contribution in [0.2, 0.25) is 0 Å². The van der Waals surface area contributed by atoms with Gasteiger partial charge in [-0.15, -0.1) is 35.3 Å². The normalized spacial score (nSPS) is 23.6. The molecule has 2 rings (SSSR count). The van der Waals surface area contributed by atoms with Crippen LogP contribution in [0, 0.1) is 0 Å². The molecule has 1 aliphatic carbocycles. The first-order chi connectivity index (χ1) is 11.4. The summed E-state index contributed by atoms with van der Waals surface area (Å²) >= 11 is 3.64. The quantitative estimate of drug-likeness (QED) is 0.290. The summed E-state index contributed by atoms with van der Waals surface area (Å²) in [5, 5.41) is 19.8. The molecule has 7 heteroatoms. The predicted octanol–water partition coefficient (Wildman–Crippen LogP) is 3.85. The van der Waals surface area contributed by atoms with Crippen molar-refractivity contribution in [3.8, 4) is 0 Å². The van der Waals surface area contributed by atoms with Crippen LogP contribution in [-0.2, 0) is 5.41 Å². The van der Waals surface area contributed by atoms with Gasteiger partial charge in [0.05, 0.1) is 12.1 Å². The third-order valence-corrected chi connectivity index (χ3v) is 7.18. The van der Waals surface area contributed by atoms with Gasteiger partial charge in [-0.05, 0) is 37.0 Å². The lowest BCUT2D eigenvalue weighted by Crippen LogP contribution is -2.58. The highest BCUT2D eigenvalue weighted by Gasteiger charge is 2.45. The fourth-order valence-electron chi connectivity index (χ4n) is 2.83. The molecular formula is C18H32IN3OS2. The molecule has 1 aromatic rings. The molecule has 0 aromatic carbocycles. The average molecular weight is 498 g/mol. The van der Waals surface area contributed by atoms with Crippen molar-refractivity contribution in [1.82, 2.24) is 10.6 Å². The average Bonchev–Trinajstić information content (AvgIpc) is 3.09. The summed E-state index contributed by atoms with van der Waals surface area (Å²) in [6.07, 6.45) is 1.98. The van der Waals surface area contributed by atoms with Crippen molar-refractivity contribution in [2.24, 2.45) is 4.99 Å². The molecule has 4 nitrogen and oxygen atoms in total. The first kappa shape index (κ1) is 23.0. The molecule has 0 saturated heterocycles. The van der Waals surface area contributed by atoms with Crippen LogP contribution in [0.1, 0.15) is 45.4 Å². The third-order valence-electron chi connectivity index (χ3n) is 4.53. The van der Waals surface area contributed by atoms with Gasteiger partial charge < -0.3 is 15.7 Å². The van der Waals surface area contributed by atoms with Gasteiger partial charge in [0.2, 0.25) is 0 Å². The Morgan fingerprint density at radius 3 is 2.72 bits per heavy atom. The lowest BCUT2D eigenvalue weighted by atomic mass is 9.79. The standard InChI is InChI=1S/C18H31N3OS2.HI/c1-5-19-16(20-12-17(3,4)14-8-7-11-24-14)21-13-18(22)10-9-15(18)23-6-2;/h7-8,11,15,22H,5-6,9-10,12-13H2,1-4H3,(H2,19,20,21);1H. The van der Waals surface area contributed by atoms with Crippen LogP contribution in [0.4, 0.5) is 0 Å². The fraction of sp³-hybridized carbons (Fsp3) is 0.722. The Hall–Kier alpha value is 0.01000. The Kier molecular flexibility index (Phi) is 9.56. The summed E-state index contributed by atoms with van der Waals surface area (Å²) in [5.74, 6) is 1.85. The zero-order valence-corrected chi connectivity index (χ0v) is 19.6. The Morgan fingerprint density at radius 2 is 2.20 bits per heavy atom. The zero-order valence-electron chi connectivity index (χ0n) is 15.7. The van der Waals surface area contributed by atoms with Crippen LogP contribution in [0.15, 0.2) is 22.5 Å². The lowest BCUT2D eigenvalue weighted by Gasteiger charge is -2.45. The number of hydrogen-bond donors (Lipinski definition) is 3. The van der Waals surface area contributed by atoms with Crippen molar-refractivity contribution in [3.05, 3.63) is 22.4 Å². The maximum atomic E-state index is 10.7. The molecule has 1 fully saturated rings. The van der Waals surface area contributed by atoms with Gasteiger partial charge in [0.1, 0.15) is 0 Å². The van der Waals surface area contributed by atoms with Gasteiger partial charge in [0, 0.05) is 28.6 Å². The van der Waals surface area contributed by atoms with Crippen molar-refractivity contribution in [3.63, 3.8) is 0 Å².